The predicted octanol–water partition coefficient (Wildman–Crippen LogP) is 4.07. The zero-order chi connectivity index (χ0) is 19.2. The second-order valence-electron chi connectivity index (χ2n) is 5.47. The fourth-order valence-electron chi connectivity index (χ4n) is 2.22. The smallest absolute Gasteiger partial charge is 0.356 e. The molecule has 0 aliphatic heterocycles. The van der Waals surface area contributed by atoms with Gasteiger partial charge in [0.05, 0.1) is 17.4 Å². The molecule has 1 unspecified atom stereocenters. The van der Waals surface area contributed by atoms with E-state index >= 15 is 0 Å². The largest absolute Gasteiger partial charge is 0.461 e. The highest BCUT2D eigenvalue weighted by Gasteiger charge is 2.28. The Morgan fingerprint density at radius 2 is 1.92 bits per heavy atom. The summed E-state index contributed by atoms with van der Waals surface area (Å²) in [7, 11) is -3.78. The van der Waals surface area contributed by atoms with Crippen molar-refractivity contribution in [3.05, 3.63) is 60.8 Å². The van der Waals surface area contributed by atoms with Gasteiger partial charge in [0.2, 0.25) is 10.0 Å². The number of carbonyl (C=O) groups excluding carboxylic acids is 1. The molecule has 0 aliphatic rings. The summed E-state index contributed by atoms with van der Waals surface area (Å²) < 4.78 is 31.5. The standard InChI is InChI=1S/C16H19NO4S.C3H6/c1-5-12(4)22(19,20)17-14-8-7-11(3)9-13(14)10-15(17)16(18)21-6-2;1-3-2/h5,7-10,12H,1,6H2,2-4H3;3H,1H2,2H3. The highest BCUT2D eigenvalue weighted by molar-refractivity contribution is 7.90. The number of esters is 1. The summed E-state index contributed by atoms with van der Waals surface area (Å²) in [5.74, 6) is -0.656. The maximum absolute atomic E-state index is 12.7. The lowest BCUT2D eigenvalue weighted by Gasteiger charge is -2.14. The summed E-state index contributed by atoms with van der Waals surface area (Å²) in [6.07, 6.45) is 3.09. The highest BCUT2D eigenvalue weighted by atomic mass is 32.2. The highest BCUT2D eigenvalue weighted by Crippen LogP contribution is 2.26. The van der Waals surface area contributed by atoms with E-state index in [9.17, 15) is 13.2 Å². The number of hydrogen-bond acceptors (Lipinski definition) is 4. The van der Waals surface area contributed by atoms with Crippen LogP contribution in [0.3, 0.4) is 0 Å². The Morgan fingerprint density at radius 1 is 1.32 bits per heavy atom. The van der Waals surface area contributed by atoms with Gasteiger partial charge in [-0.15, -0.1) is 13.2 Å². The molecule has 1 aromatic carbocycles. The molecule has 0 saturated heterocycles. The van der Waals surface area contributed by atoms with Gasteiger partial charge in [-0.3, -0.25) is 0 Å². The van der Waals surface area contributed by atoms with Gasteiger partial charge >= 0.3 is 5.97 Å². The number of carbonyl (C=O) groups is 1. The van der Waals surface area contributed by atoms with Crippen molar-refractivity contribution in [2.24, 2.45) is 0 Å². The Balaban J connectivity index is 0.000000970. The lowest BCUT2D eigenvalue weighted by molar-refractivity contribution is 0.0518. The van der Waals surface area contributed by atoms with E-state index in [1.54, 1.807) is 25.1 Å². The average molecular weight is 363 g/mol. The van der Waals surface area contributed by atoms with Crippen molar-refractivity contribution in [1.82, 2.24) is 3.97 Å². The number of rotatable bonds is 5. The average Bonchev–Trinajstić information content (AvgIpc) is 2.94. The van der Waals surface area contributed by atoms with Gasteiger partial charge in [-0.25, -0.2) is 17.2 Å². The third-order valence-electron chi connectivity index (χ3n) is 3.45. The number of nitrogens with zero attached hydrogens (tertiary/aromatic N) is 1. The Kier molecular flexibility index (Phi) is 7.18. The monoisotopic (exact) mass is 363 g/mol. The normalized spacial score (nSPS) is 12.0. The lowest BCUT2D eigenvalue weighted by Crippen LogP contribution is -2.26. The first-order chi connectivity index (χ1) is 11.7. The minimum absolute atomic E-state index is 0.0103. The van der Waals surface area contributed by atoms with Crippen molar-refractivity contribution in [3.63, 3.8) is 0 Å². The number of benzene rings is 1. The maximum atomic E-state index is 12.7. The third-order valence-corrected chi connectivity index (χ3v) is 5.49. The molecule has 6 heteroatoms. The Hall–Kier alpha value is -2.34. The van der Waals surface area contributed by atoms with Crippen molar-refractivity contribution in [2.45, 2.75) is 32.9 Å². The zero-order valence-corrected chi connectivity index (χ0v) is 16.0. The van der Waals surface area contributed by atoms with E-state index in [4.69, 9.17) is 4.74 Å². The summed E-state index contributed by atoms with van der Waals surface area (Å²) in [5, 5.41) is -0.138. The Bertz CT molecular complexity index is 878. The topological polar surface area (TPSA) is 65.4 Å². The summed E-state index contributed by atoms with van der Waals surface area (Å²) in [4.78, 5) is 12.1. The molecular weight excluding hydrogens is 338 g/mol. The van der Waals surface area contributed by atoms with Crippen LogP contribution < -0.4 is 0 Å². The van der Waals surface area contributed by atoms with Crippen LogP contribution in [0.15, 0.2) is 49.6 Å². The van der Waals surface area contributed by atoms with Crippen LogP contribution in [0.2, 0.25) is 0 Å². The van der Waals surface area contributed by atoms with Crippen molar-refractivity contribution < 1.29 is 17.9 Å². The van der Waals surface area contributed by atoms with Crippen molar-refractivity contribution in [2.75, 3.05) is 6.61 Å². The quantitative estimate of drug-likeness (QED) is 0.593. The maximum Gasteiger partial charge on any atom is 0.356 e. The molecule has 1 heterocycles. The lowest BCUT2D eigenvalue weighted by atomic mass is 10.2. The molecule has 2 rings (SSSR count). The van der Waals surface area contributed by atoms with E-state index in [-0.39, 0.29) is 12.3 Å². The third kappa shape index (κ3) is 4.39. The zero-order valence-electron chi connectivity index (χ0n) is 15.2. The van der Waals surface area contributed by atoms with Crippen LogP contribution in [0, 0.1) is 6.92 Å². The van der Waals surface area contributed by atoms with Gasteiger partial charge in [0, 0.05) is 5.39 Å². The summed E-state index contributed by atoms with van der Waals surface area (Å²) in [6, 6.07) is 6.89. The number of hydrogen-bond donors (Lipinski definition) is 0. The number of ether oxygens (including phenoxy) is 1. The molecule has 0 radical (unpaired) electrons. The van der Waals surface area contributed by atoms with Gasteiger partial charge in [0.15, 0.2) is 0 Å². The van der Waals surface area contributed by atoms with Gasteiger partial charge in [0.25, 0.3) is 0 Å². The molecule has 136 valence electrons. The van der Waals surface area contributed by atoms with E-state index < -0.39 is 21.2 Å². The summed E-state index contributed by atoms with van der Waals surface area (Å²) >= 11 is 0. The van der Waals surface area contributed by atoms with Crippen LogP contribution in [0.4, 0.5) is 0 Å². The molecule has 2 aromatic rings. The van der Waals surface area contributed by atoms with Crippen LogP contribution in [-0.4, -0.2) is 30.2 Å². The Morgan fingerprint density at radius 3 is 2.44 bits per heavy atom. The van der Waals surface area contributed by atoms with Crippen molar-refractivity contribution in [3.8, 4) is 0 Å². The number of aryl methyl sites for hydroxylation is 1. The minimum atomic E-state index is -3.78. The molecule has 0 amide bonds. The molecule has 0 N–H and O–H groups in total. The molecule has 0 aliphatic carbocycles. The molecule has 0 bridgehead atoms. The SMILES string of the molecule is C=CC.C=CC(C)S(=O)(=O)n1c(C(=O)OCC)cc2cc(C)ccc21. The van der Waals surface area contributed by atoms with E-state index in [1.807, 2.05) is 26.0 Å². The number of aromatic nitrogens is 1. The van der Waals surface area contributed by atoms with Crippen molar-refractivity contribution in [1.29, 1.82) is 0 Å². The second kappa shape index (κ2) is 8.67. The summed E-state index contributed by atoms with van der Waals surface area (Å²) in [6.45, 7) is 14.1. The fourth-order valence-corrected chi connectivity index (χ4v) is 3.64. The first kappa shape index (κ1) is 20.7. The van der Waals surface area contributed by atoms with Gasteiger partial charge in [-0.05, 0) is 45.9 Å². The molecule has 5 nitrogen and oxygen atoms in total. The number of allylic oxidation sites excluding steroid dienone is 1. The molecule has 1 aromatic heterocycles. The van der Waals surface area contributed by atoms with Gasteiger partial charge in [0.1, 0.15) is 5.69 Å². The second-order valence-corrected chi connectivity index (χ2v) is 7.61. The van der Waals surface area contributed by atoms with Crippen LogP contribution in [-0.2, 0) is 14.8 Å². The van der Waals surface area contributed by atoms with Gasteiger partial charge < -0.3 is 4.74 Å². The van der Waals surface area contributed by atoms with E-state index in [2.05, 4.69) is 13.2 Å². The molecule has 25 heavy (non-hydrogen) atoms. The number of fused-ring (bicyclic) bond motifs is 1. The van der Waals surface area contributed by atoms with Crippen LogP contribution >= 0.6 is 0 Å². The van der Waals surface area contributed by atoms with Crippen molar-refractivity contribution >= 4 is 26.9 Å². The van der Waals surface area contributed by atoms with Gasteiger partial charge in [-0.1, -0.05) is 23.8 Å². The van der Waals surface area contributed by atoms with E-state index in [1.165, 1.54) is 13.0 Å². The van der Waals surface area contributed by atoms with Gasteiger partial charge in [-0.2, -0.15) is 0 Å². The molecule has 0 saturated carbocycles. The minimum Gasteiger partial charge on any atom is -0.461 e. The first-order valence-corrected chi connectivity index (χ1v) is 9.48. The molecular formula is C19H25NO4S. The van der Waals surface area contributed by atoms with E-state index in [0.29, 0.717) is 10.9 Å². The van der Waals surface area contributed by atoms with Crippen LogP contribution in [0.25, 0.3) is 10.9 Å². The predicted molar refractivity (Wildman–Crippen MR) is 102 cm³/mol. The van der Waals surface area contributed by atoms with Crippen LogP contribution in [0.1, 0.15) is 36.8 Å². The molecule has 0 fully saturated rings. The molecule has 1 atom stereocenters. The summed E-state index contributed by atoms with van der Waals surface area (Å²) in [5.41, 5.74) is 1.45. The Labute approximate surface area is 149 Å². The molecule has 0 spiro atoms. The fraction of sp³-hybridized carbons (Fsp3) is 0.316. The van der Waals surface area contributed by atoms with Crippen LogP contribution in [0.5, 0.6) is 0 Å². The first-order valence-electron chi connectivity index (χ1n) is 7.97. The van der Waals surface area contributed by atoms with E-state index in [0.717, 1.165) is 9.54 Å².